The van der Waals surface area contributed by atoms with Crippen molar-refractivity contribution in [3.05, 3.63) is 66.7 Å². The molecule has 0 radical (unpaired) electrons. The van der Waals surface area contributed by atoms with E-state index in [2.05, 4.69) is 0 Å². The highest BCUT2D eigenvalue weighted by Gasteiger charge is 2.15. The molecule has 0 saturated carbocycles. The summed E-state index contributed by atoms with van der Waals surface area (Å²) in [5.74, 6) is 0.130. The first kappa shape index (κ1) is 13.1. The highest BCUT2D eigenvalue weighted by Crippen LogP contribution is 2.42. The molecule has 0 fully saturated rings. The molecule has 104 valence electrons. The molecular formula is C18H16N2O. The van der Waals surface area contributed by atoms with Crippen LogP contribution in [0.15, 0.2) is 66.7 Å². The van der Waals surface area contributed by atoms with Crippen molar-refractivity contribution in [3.8, 4) is 28.0 Å². The van der Waals surface area contributed by atoms with E-state index in [-0.39, 0.29) is 5.75 Å². The first-order valence-electron chi connectivity index (χ1n) is 6.70. The molecule has 0 heterocycles. The smallest absolute Gasteiger partial charge is 0.125 e. The van der Waals surface area contributed by atoms with Gasteiger partial charge >= 0.3 is 0 Å². The van der Waals surface area contributed by atoms with E-state index in [1.807, 2.05) is 54.6 Å². The van der Waals surface area contributed by atoms with E-state index in [1.165, 1.54) is 0 Å². The molecule has 0 aliphatic carbocycles. The van der Waals surface area contributed by atoms with Gasteiger partial charge in [0.1, 0.15) is 5.75 Å². The topological polar surface area (TPSA) is 72.3 Å². The molecule has 0 amide bonds. The summed E-state index contributed by atoms with van der Waals surface area (Å²) in [6.45, 7) is 0. The fourth-order valence-electron chi connectivity index (χ4n) is 2.48. The summed E-state index contributed by atoms with van der Waals surface area (Å²) in [7, 11) is 0. The summed E-state index contributed by atoms with van der Waals surface area (Å²) in [6.07, 6.45) is 0. The van der Waals surface area contributed by atoms with Crippen LogP contribution in [0.4, 0.5) is 11.4 Å². The second kappa shape index (κ2) is 5.21. The van der Waals surface area contributed by atoms with Gasteiger partial charge in [-0.25, -0.2) is 0 Å². The molecule has 21 heavy (non-hydrogen) atoms. The lowest BCUT2D eigenvalue weighted by molar-refractivity contribution is 0.477. The Morgan fingerprint density at radius 1 is 0.667 bits per heavy atom. The number of rotatable bonds is 2. The van der Waals surface area contributed by atoms with Gasteiger partial charge in [0.2, 0.25) is 0 Å². The summed E-state index contributed by atoms with van der Waals surface area (Å²) >= 11 is 0. The van der Waals surface area contributed by atoms with Crippen molar-refractivity contribution in [1.29, 1.82) is 0 Å². The predicted molar refractivity (Wildman–Crippen MR) is 87.8 cm³/mol. The molecule has 0 unspecified atom stereocenters. The van der Waals surface area contributed by atoms with Crippen LogP contribution in [0.25, 0.3) is 22.3 Å². The average Bonchev–Trinajstić information content (AvgIpc) is 2.53. The Morgan fingerprint density at radius 2 is 1.29 bits per heavy atom. The summed E-state index contributed by atoms with van der Waals surface area (Å²) in [5.41, 5.74) is 16.3. The molecule has 5 N–H and O–H groups in total. The van der Waals surface area contributed by atoms with Crippen molar-refractivity contribution in [2.24, 2.45) is 0 Å². The van der Waals surface area contributed by atoms with Gasteiger partial charge in [-0.1, -0.05) is 54.6 Å². The van der Waals surface area contributed by atoms with Crippen LogP contribution in [0.2, 0.25) is 0 Å². The van der Waals surface area contributed by atoms with Crippen molar-refractivity contribution >= 4 is 11.4 Å². The van der Waals surface area contributed by atoms with E-state index in [4.69, 9.17) is 11.5 Å². The van der Waals surface area contributed by atoms with E-state index in [0.29, 0.717) is 16.9 Å². The van der Waals surface area contributed by atoms with Crippen LogP contribution in [-0.2, 0) is 0 Å². The van der Waals surface area contributed by atoms with Crippen molar-refractivity contribution in [2.75, 3.05) is 11.5 Å². The zero-order valence-electron chi connectivity index (χ0n) is 11.5. The van der Waals surface area contributed by atoms with Gasteiger partial charge in [-0.3, -0.25) is 0 Å². The van der Waals surface area contributed by atoms with E-state index in [0.717, 1.165) is 16.7 Å². The van der Waals surface area contributed by atoms with E-state index in [1.54, 1.807) is 12.1 Å². The van der Waals surface area contributed by atoms with Crippen LogP contribution >= 0.6 is 0 Å². The molecule has 3 rings (SSSR count). The van der Waals surface area contributed by atoms with Crippen LogP contribution < -0.4 is 11.5 Å². The van der Waals surface area contributed by atoms with Gasteiger partial charge in [0, 0.05) is 5.56 Å². The Balaban J connectivity index is 2.29. The van der Waals surface area contributed by atoms with Gasteiger partial charge in [0.25, 0.3) is 0 Å². The van der Waals surface area contributed by atoms with E-state index in [9.17, 15) is 5.11 Å². The molecule has 0 saturated heterocycles. The van der Waals surface area contributed by atoms with Gasteiger partial charge in [-0.2, -0.15) is 0 Å². The van der Waals surface area contributed by atoms with Crippen molar-refractivity contribution in [2.45, 2.75) is 0 Å². The number of nitrogen functional groups attached to an aromatic ring is 2. The van der Waals surface area contributed by atoms with Crippen LogP contribution in [0, 0.1) is 0 Å². The summed E-state index contributed by atoms with van der Waals surface area (Å²) < 4.78 is 0. The lowest BCUT2D eigenvalue weighted by atomic mass is 9.93. The molecule has 0 aliphatic rings. The number of benzene rings is 3. The Kier molecular flexibility index (Phi) is 3.24. The van der Waals surface area contributed by atoms with Gasteiger partial charge in [-0.05, 0) is 28.8 Å². The minimum Gasteiger partial charge on any atom is -0.507 e. The molecule has 0 spiro atoms. The standard InChI is InChI=1S/C18H16N2O/c19-15-10-11-16(21)17(18(15)20)14-9-5-4-8-13(14)12-6-2-1-3-7-12/h1-11,21H,19-20H2. The maximum Gasteiger partial charge on any atom is 0.125 e. The number of hydrogen-bond acceptors (Lipinski definition) is 3. The summed E-state index contributed by atoms with van der Waals surface area (Å²) in [4.78, 5) is 0. The Labute approximate surface area is 123 Å². The van der Waals surface area contributed by atoms with Gasteiger partial charge in [-0.15, -0.1) is 0 Å². The minimum atomic E-state index is 0.130. The Morgan fingerprint density at radius 3 is 2.00 bits per heavy atom. The monoisotopic (exact) mass is 276 g/mol. The Hall–Kier alpha value is -2.94. The van der Waals surface area contributed by atoms with Gasteiger partial charge in [0.05, 0.1) is 11.4 Å². The zero-order chi connectivity index (χ0) is 14.8. The van der Waals surface area contributed by atoms with Crippen molar-refractivity contribution < 1.29 is 5.11 Å². The SMILES string of the molecule is Nc1ccc(O)c(-c2ccccc2-c2ccccc2)c1N. The molecule has 3 aromatic carbocycles. The van der Waals surface area contributed by atoms with Gasteiger partial charge < -0.3 is 16.6 Å². The molecule has 3 aromatic rings. The lowest BCUT2D eigenvalue weighted by Gasteiger charge is -2.15. The third-order valence-electron chi connectivity index (χ3n) is 3.54. The maximum absolute atomic E-state index is 10.2. The highest BCUT2D eigenvalue weighted by atomic mass is 16.3. The third-order valence-corrected chi connectivity index (χ3v) is 3.54. The second-order valence-corrected chi connectivity index (χ2v) is 4.87. The van der Waals surface area contributed by atoms with E-state index >= 15 is 0 Å². The second-order valence-electron chi connectivity index (χ2n) is 4.87. The fourth-order valence-corrected chi connectivity index (χ4v) is 2.48. The quantitative estimate of drug-likeness (QED) is 0.491. The number of phenols is 1. The molecule has 0 bridgehead atoms. The summed E-state index contributed by atoms with van der Waals surface area (Å²) in [5, 5.41) is 10.2. The Bertz CT molecular complexity index is 782. The minimum absolute atomic E-state index is 0.130. The van der Waals surface area contributed by atoms with Crippen molar-refractivity contribution in [1.82, 2.24) is 0 Å². The molecule has 3 heteroatoms. The first-order valence-corrected chi connectivity index (χ1v) is 6.70. The molecule has 0 atom stereocenters. The number of anilines is 2. The number of phenolic OH excluding ortho intramolecular Hbond substituents is 1. The maximum atomic E-state index is 10.2. The van der Waals surface area contributed by atoms with E-state index < -0.39 is 0 Å². The number of nitrogens with two attached hydrogens (primary N) is 2. The molecule has 3 nitrogen and oxygen atoms in total. The first-order chi connectivity index (χ1) is 10.2. The van der Waals surface area contributed by atoms with Crippen LogP contribution in [0.3, 0.4) is 0 Å². The van der Waals surface area contributed by atoms with Crippen LogP contribution in [0.1, 0.15) is 0 Å². The van der Waals surface area contributed by atoms with Gasteiger partial charge in [0.15, 0.2) is 0 Å². The molecule has 0 aliphatic heterocycles. The average molecular weight is 276 g/mol. The normalized spacial score (nSPS) is 10.5. The molecule has 0 aromatic heterocycles. The van der Waals surface area contributed by atoms with Crippen LogP contribution in [-0.4, -0.2) is 5.11 Å². The fraction of sp³-hybridized carbons (Fsp3) is 0. The number of aromatic hydroxyl groups is 1. The number of hydrogen-bond donors (Lipinski definition) is 3. The highest BCUT2D eigenvalue weighted by molar-refractivity contribution is 5.95. The van der Waals surface area contributed by atoms with Crippen LogP contribution in [0.5, 0.6) is 5.75 Å². The zero-order valence-corrected chi connectivity index (χ0v) is 11.5. The predicted octanol–water partition coefficient (Wildman–Crippen LogP) is 3.89. The molecular weight excluding hydrogens is 260 g/mol. The largest absolute Gasteiger partial charge is 0.507 e. The third kappa shape index (κ3) is 2.30. The summed E-state index contributed by atoms with van der Waals surface area (Å²) in [6, 6.07) is 21.0. The van der Waals surface area contributed by atoms with Crippen molar-refractivity contribution in [3.63, 3.8) is 0 Å². The lowest BCUT2D eigenvalue weighted by Crippen LogP contribution is -1.98.